The zero-order valence-corrected chi connectivity index (χ0v) is 13.8. The molecule has 0 aromatic heterocycles. The first-order valence-corrected chi connectivity index (χ1v) is 7.77. The normalized spacial score (nSPS) is 12.9. The number of fused-ring (bicyclic) bond motifs is 1. The Morgan fingerprint density at radius 1 is 1.21 bits per heavy atom. The van der Waals surface area contributed by atoms with Gasteiger partial charge in [0, 0.05) is 12.3 Å². The molecule has 0 bridgehead atoms. The van der Waals surface area contributed by atoms with Gasteiger partial charge in [-0.1, -0.05) is 49.4 Å². The summed E-state index contributed by atoms with van der Waals surface area (Å²) >= 11 is 0. The highest BCUT2D eigenvalue weighted by Gasteiger charge is 2.27. The summed E-state index contributed by atoms with van der Waals surface area (Å²) in [5, 5.41) is 13.6. The van der Waals surface area contributed by atoms with E-state index >= 15 is 0 Å². The topological polar surface area (TPSA) is 79.2 Å². The summed E-state index contributed by atoms with van der Waals surface area (Å²) in [6, 6.07) is 14.9. The maximum atomic E-state index is 12.3. The van der Waals surface area contributed by atoms with Crippen molar-refractivity contribution in [2.75, 3.05) is 7.11 Å². The number of benzene rings is 2. The van der Waals surface area contributed by atoms with Crippen LogP contribution in [0.1, 0.15) is 18.9 Å². The average molecular weight is 324 g/mol. The summed E-state index contributed by atoms with van der Waals surface area (Å²) < 4.78 is 4.73. The van der Waals surface area contributed by atoms with Gasteiger partial charge in [0.2, 0.25) is 5.91 Å². The van der Waals surface area contributed by atoms with Gasteiger partial charge in [0.15, 0.2) is 0 Å². The fraction of sp³-hybridized carbons (Fsp3) is 0.316. The number of nitrogens with zero attached hydrogens (tertiary/aromatic N) is 1. The van der Waals surface area contributed by atoms with E-state index in [1.165, 1.54) is 7.11 Å². The van der Waals surface area contributed by atoms with E-state index in [1.54, 1.807) is 6.92 Å². The second kappa shape index (κ2) is 8.11. The number of methoxy groups -OCH3 is 1. The van der Waals surface area contributed by atoms with E-state index in [4.69, 9.17) is 10.00 Å². The first-order valence-electron chi connectivity index (χ1n) is 7.77. The number of nitrogens with one attached hydrogen (secondary N) is 1. The van der Waals surface area contributed by atoms with Gasteiger partial charge in [-0.2, -0.15) is 5.26 Å². The van der Waals surface area contributed by atoms with E-state index in [2.05, 4.69) is 5.32 Å². The summed E-state index contributed by atoms with van der Waals surface area (Å²) in [4.78, 5) is 24.1. The Kier molecular flexibility index (Phi) is 5.91. The van der Waals surface area contributed by atoms with Crippen LogP contribution in [0.5, 0.6) is 0 Å². The SMILES string of the molecule is COC(=O)[C@H](NC(=O)Cc1ccc2ccccc2c1)[C@@H](C)CC#N. The molecule has 2 atom stereocenters. The molecule has 0 saturated heterocycles. The molecule has 0 radical (unpaired) electrons. The van der Waals surface area contributed by atoms with Crippen LogP contribution >= 0.6 is 0 Å². The van der Waals surface area contributed by atoms with Gasteiger partial charge in [0.05, 0.1) is 19.6 Å². The minimum atomic E-state index is -0.817. The maximum Gasteiger partial charge on any atom is 0.328 e. The van der Waals surface area contributed by atoms with Crippen molar-refractivity contribution >= 4 is 22.6 Å². The molecular formula is C19H20N2O3. The molecule has 0 spiro atoms. The monoisotopic (exact) mass is 324 g/mol. The Morgan fingerprint density at radius 2 is 1.92 bits per heavy atom. The van der Waals surface area contributed by atoms with Crippen molar-refractivity contribution in [1.29, 1.82) is 5.26 Å². The van der Waals surface area contributed by atoms with E-state index in [0.717, 1.165) is 16.3 Å². The number of hydrogen-bond donors (Lipinski definition) is 1. The summed E-state index contributed by atoms with van der Waals surface area (Å²) in [5.41, 5.74) is 0.864. The Hall–Kier alpha value is -2.87. The summed E-state index contributed by atoms with van der Waals surface area (Å²) in [5.74, 6) is -1.13. The lowest BCUT2D eigenvalue weighted by molar-refractivity contribution is -0.146. The molecule has 5 nitrogen and oxygen atoms in total. The number of ether oxygens (including phenoxy) is 1. The van der Waals surface area contributed by atoms with Gasteiger partial charge in [0.1, 0.15) is 6.04 Å². The number of carbonyl (C=O) groups is 2. The minimum Gasteiger partial charge on any atom is -0.467 e. The lowest BCUT2D eigenvalue weighted by atomic mass is 9.98. The van der Waals surface area contributed by atoms with Crippen LogP contribution in [-0.4, -0.2) is 25.0 Å². The Bertz CT molecular complexity index is 780. The molecular weight excluding hydrogens is 304 g/mol. The molecule has 124 valence electrons. The van der Waals surface area contributed by atoms with E-state index in [-0.39, 0.29) is 24.7 Å². The number of nitriles is 1. The maximum absolute atomic E-state index is 12.3. The number of esters is 1. The van der Waals surface area contributed by atoms with Gasteiger partial charge in [-0.15, -0.1) is 0 Å². The summed E-state index contributed by atoms with van der Waals surface area (Å²) in [6.07, 6.45) is 0.327. The third-order valence-electron chi connectivity index (χ3n) is 3.93. The van der Waals surface area contributed by atoms with Crippen molar-refractivity contribution in [2.45, 2.75) is 25.8 Å². The highest BCUT2D eigenvalue weighted by molar-refractivity contribution is 5.88. The molecule has 0 saturated carbocycles. The molecule has 0 aliphatic heterocycles. The van der Waals surface area contributed by atoms with Crippen molar-refractivity contribution in [1.82, 2.24) is 5.32 Å². The number of carbonyl (C=O) groups excluding carboxylic acids is 2. The molecule has 5 heteroatoms. The van der Waals surface area contributed by atoms with Crippen molar-refractivity contribution in [3.63, 3.8) is 0 Å². The lowest BCUT2D eigenvalue weighted by Gasteiger charge is -2.21. The fourth-order valence-corrected chi connectivity index (χ4v) is 2.58. The number of rotatable bonds is 6. The molecule has 1 amide bonds. The molecule has 1 N–H and O–H groups in total. The molecule has 0 heterocycles. The first-order chi connectivity index (χ1) is 11.5. The van der Waals surface area contributed by atoms with Crippen LogP contribution in [0, 0.1) is 17.2 Å². The van der Waals surface area contributed by atoms with Gasteiger partial charge in [-0.05, 0) is 16.3 Å². The molecule has 0 fully saturated rings. The van der Waals surface area contributed by atoms with E-state index in [1.807, 2.05) is 48.5 Å². The summed E-state index contributed by atoms with van der Waals surface area (Å²) in [6.45, 7) is 1.74. The van der Waals surface area contributed by atoms with Gasteiger partial charge in [-0.3, -0.25) is 4.79 Å². The van der Waals surface area contributed by atoms with Gasteiger partial charge in [0.25, 0.3) is 0 Å². The molecule has 0 unspecified atom stereocenters. The molecule has 24 heavy (non-hydrogen) atoms. The third kappa shape index (κ3) is 4.32. The Morgan fingerprint density at radius 3 is 2.58 bits per heavy atom. The molecule has 0 aliphatic rings. The lowest BCUT2D eigenvalue weighted by Crippen LogP contribution is -2.46. The van der Waals surface area contributed by atoms with Crippen LogP contribution in [0.2, 0.25) is 0 Å². The molecule has 2 aromatic carbocycles. The van der Waals surface area contributed by atoms with Gasteiger partial charge in [-0.25, -0.2) is 4.79 Å². The largest absolute Gasteiger partial charge is 0.467 e. The number of amides is 1. The van der Waals surface area contributed by atoms with Crippen molar-refractivity contribution in [3.8, 4) is 6.07 Å². The van der Waals surface area contributed by atoms with Crippen LogP contribution in [-0.2, 0) is 20.7 Å². The minimum absolute atomic E-state index is 0.163. The second-order valence-corrected chi connectivity index (χ2v) is 5.77. The summed E-state index contributed by atoms with van der Waals surface area (Å²) in [7, 11) is 1.27. The van der Waals surface area contributed by atoms with E-state index in [0.29, 0.717) is 0 Å². The first kappa shape index (κ1) is 17.5. The van der Waals surface area contributed by atoms with E-state index < -0.39 is 12.0 Å². The third-order valence-corrected chi connectivity index (χ3v) is 3.93. The zero-order chi connectivity index (χ0) is 17.5. The van der Waals surface area contributed by atoms with Crippen molar-refractivity contribution in [2.24, 2.45) is 5.92 Å². The van der Waals surface area contributed by atoms with E-state index in [9.17, 15) is 9.59 Å². The average Bonchev–Trinajstić information content (AvgIpc) is 2.59. The smallest absolute Gasteiger partial charge is 0.328 e. The van der Waals surface area contributed by atoms with Gasteiger partial charge < -0.3 is 10.1 Å². The van der Waals surface area contributed by atoms with Crippen LogP contribution < -0.4 is 5.32 Å². The standard InChI is InChI=1S/C19H20N2O3/c1-13(9-10-20)18(19(23)24-2)21-17(22)12-14-7-8-15-5-3-4-6-16(15)11-14/h3-8,11,13,18H,9,12H2,1-2H3,(H,21,22)/t13-,18+/m0/s1. The van der Waals surface area contributed by atoms with Crippen molar-refractivity contribution in [3.05, 3.63) is 48.0 Å². The Labute approximate surface area is 141 Å². The molecule has 0 aliphatic carbocycles. The van der Waals surface area contributed by atoms with Crippen LogP contribution in [0.15, 0.2) is 42.5 Å². The fourth-order valence-electron chi connectivity index (χ4n) is 2.58. The second-order valence-electron chi connectivity index (χ2n) is 5.77. The quantitative estimate of drug-likeness (QED) is 0.828. The molecule has 2 rings (SSSR count). The van der Waals surface area contributed by atoms with Crippen LogP contribution in [0.4, 0.5) is 0 Å². The number of hydrogen-bond acceptors (Lipinski definition) is 4. The predicted octanol–water partition coefficient (Wildman–Crippen LogP) is 2.59. The zero-order valence-electron chi connectivity index (χ0n) is 13.8. The molecule has 2 aromatic rings. The Balaban J connectivity index is 2.08. The highest BCUT2D eigenvalue weighted by atomic mass is 16.5. The highest BCUT2D eigenvalue weighted by Crippen LogP contribution is 2.16. The van der Waals surface area contributed by atoms with Crippen LogP contribution in [0.3, 0.4) is 0 Å². The predicted molar refractivity (Wildman–Crippen MR) is 91.0 cm³/mol. The van der Waals surface area contributed by atoms with Gasteiger partial charge >= 0.3 is 5.97 Å². The van der Waals surface area contributed by atoms with Crippen LogP contribution in [0.25, 0.3) is 10.8 Å². The van der Waals surface area contributed by atoms with Crippen molar-refractivity contribution < 1.29 is 14.3 Å².